The molecule has 1 rings (SSSR count). The number of carboxylic acid groups (broad SMARTS) is 1. The molecule has 1 heterocycles. The maximum atomic E-state index is 14.7. The number of unbranched alkanes of at least 4 members (excludes halogenated alkanes) is 4. The summed E-state index contributed by atoms with van der Waals surface area (Å²) in [5.74, 6) is -13.4. The molecule has 0 aromatic heterocycles. The predicted octanol–water partition coefficient (Wildman–Crippen LogP) is 0.0962. The van der Waals surface area contributed by atoms with Crippen LogP contribution in [0, 0.1) is 29.6 Å². The molecule has 9 amide bonds. The molecule has 12 atom stereocenters. The molecule has 0 spiro atoms. The average molecular weight is 1130 g/mol. The van der Waals surface area contributed by atoms with Crippen LogP contribution in [0.4, 0.5) is 0 Å². The zero-order valence-electron chi connectivity index (χ0n) is 48.5. The highest BCUT2D eigenvalue weighted by Crippen LogP contribution is 2.17. The highest BCUT2D eigenvalue weighted by molar-refractivity contribution is 5.99. The van der Waals surface area contributed by atoms with Gasteiger partial charge in [-0.15, -0.1) is 0 Å². The normalized spacial score (nSPS) is 24.0. The van der Waals surface area contributed by atoms with E-state index in [1.165, 1.54) is 6.92 Å². The smallest absolute Gasteiger partial charge is 0.329 e. The van der Waals surface area contributed by atoms with Gasteiger partial charge in [0.1, 0.15) is 60.5 Å². The van der Waals surface area contributed by atoms with E-state index in [0.29, 0.717) is 12.8 Å². The van der Waals surface area contributed by atoms with Gasteiger partial charge in [0, 0.05) is 6.42 Å². The molecule has 0 radical (unpaired) electrons. The Kier molecular flexibility index (Phi) is 32.7. The van der Waals surface area contributed by atoms with Gasteiger partial charge in [0.25, 0.3) is 0 Å². The highest BCUT2D eigenvalue weighted by atomic mass is 16.5. The number of carbonyl (C=O) groups is 11. The van der Waals surface area contributed by atoms with Gasteiger partial charge in [-0.2, -0.15) is 0 Å². The second kappa shape index (κ2) is 36.3. The van der Waals surface area contributed by atoms with Gasteiger partial charge in [-0.25, -0.2) is 4.79 Å². The van der Waals surface area contributed by atoms with Crippen LogP contribution in [0.1, 0.15) is 167 Å². The van der Waals surface area contributed by atoms with Crippen molar-refractivity contribution in [1.82, 2.24) is 47.9 Å². The Labute approximate surface area is 465 Å². The van der Waals surface area contributed by atoms with E-state index in [-0.39, 0.29) is 49.9 Å². The van der Waals surface area contributed by atoms with Crippen LogP contribution in [0.2, 0.25) is 0 Å². The molecule has 3 unspecified atom stereocenters. The van der Waals surface area contributed by atoms with Crippen molar-refractivity contribution in [1.29, 1.82) is 0 Å². The largest absolute Gasteiger partial charge is 0.481 e. The van der Waals surface area contributed by atoms with Crippen LogP contribution < -0.4 is 47.9 Å². The molecule has 25 heteroatoms. The zero-order chi connectivity index (χ0) is 60.3. The molecule has 1 aliphatic rings. The lowest BCUT2D eigenvalue weighted by Crippen LogP contribution is -2.64. The summed E-state index contributed by atoms with van der Waals surface area (Å²) in [5, 5.41) is 63.5. The maximum absolute atomic E-state index is 14.7. The lowest BCUT2D eigenvalue weighted by molar-refractivity contribution is -0.158. The number of amides is 9. The topological polar surface area (TPSA) is 386 Å². The molecule has 0 saturated carbocycles. The molecule has 0 bridgehead atoms. The van der Waals surface area contributed by atoms with E-state index in [9.17, 15) is 73.2 Å². The van der Waals surface area contributed by atoms with Crippen LogP contribution in [0.25, 0.3) is 0 Å². The van der Waals surface area contributed by atoms with Gasteiger partial charge in [0.2, 0.25) is 53.2 Å². The summed E-state index contributed by atoms with van der Waals surface area (Å²) >= 11 is 0. The number of aliphatic hydroxyl groups excluding tert-OH is 3. The fraction of sp³-hybridized carbons (Fsp3) is 0.796. The van der Waals surface area contributed by atoms with Crippen molar-refractivity contribution in [3.63, 3.8) is 0 Å². The third-order valence-electron chi connectivity index (χ3n) is 13.4. The Balaban J connectivity index is 3.99. The quantitative estimate of drug-likeness (QED) is 0.0383. The fourth-order valence-electron chi connectivity index (χ4n) is 8.61. The number of nitrogens with one attached hydrogen (secondary N) is 9. The van der Waals surface area contributed by atoms with Crippen molar-refractivity contribution in [3.05, 3.63) is 0 Å². The van der Waals surface area contributed by atoms with Gasteiger partial charge in [-0.05, 0) is 68.6 Å². The summed E-state index contributed by atoms with van der Waals surface area (Å²) in [6, 6.07) is -14.1. The fourth-order valence-corrected chi connectivity index (χ4v) is 8.61. The lowest BCUT2D eigenvalue weighted by Gasteiger charge is -2.32. The Bertz CT molecular complexity index is 2020. The summed E-state index contributed by atoms with van der Waals surface area (Å²) in [4.78, 5) is 152. The molecule has 0 aromatic carbocycles. The molecular weight excluding hydrogens is 1030 g/mol. The number of cyclic esters (lactones) is 1. The maximum Gasteiger partial charge on any atom is 0.329 e. The van der Waals surface area contributed by atoms with E-state index < -0.39 is 170 Å². The van der Waals surface area contributed by atoms with E-state index in [1.54, 1.807) is 69.2 Å². The number of ether oxygens (including phenoxy) is 1. The monoisotopic (exact) mass is 1130 g/mol. The SMILES string of the molecule is CCCCCCCC(O)CC(=O)N[C@@H](CC(C)C)C(=O)N[C@H](CCC(=O)O)C(=O)N[C@H]1C(=O)N[C@H](C(C)C)C(=O)N[C@H](CC(C)C)C(=O)N[C@H](CO)C(=O)N[C@@H](CC(C)C)C(=O)N[C@H](CO)C(=O)N[C@@H](C(C)CC)C(=O)OC1C. The second-order valence-electron chi connectivity index (χ2n) is 22.4. The number of hydrogen-bond donors (Lipinski definition) is 13. The molecule has 13 N–H and O–H groups in total. The first-order valence-electron chi connectivity index (χ1n) is 28.0. The number of hydrogen-bond acceptors (Lipinski definition) is 15. The number of carbonyl (C=O) groups excluding carboxylic acids is 10. The van der Waals surface area contributed by atoms with Crippen molar-refractivity contribution in [2.75, 3.05) is 13.2 Å². The van der Waals surface area contributed by atoms with Crippen molar-refractivity contribution in [2.24, 2.45) is 29.6 Å². The van der Waals surface area contributed by atoms with E-state index >= 15 is 0 Å². The lowest BCUT2D eigenvalue weighted by atomic mass is 9.98. The van der Waals surface area contributed by atoms with Crippen LogP contribution in [-0.2, 0) is 57.5 Å². The van der Waals surface area contributed by atoms with Crippen LogP contribution in [0.15, 0.2) is 0 Å². The van der Waals surface area contributed by atoms with E-state index in [2.05, 4.69) is 54.8 Å². The van der Waals surface area contributed by atoms with Gasteiger partial charge in [-0.3, -0.25) is 47.9 Å². The Morgan fingerprint density at radius 1 is 0.582 bits per heavy atom. The van der Waals surface area contributed by atoms with Crippen LogP contribution in [-0.4, -0.2) is 165 Å². The number of rotatable bonds is 27. The van der Waals surface area contributed by atoms with Gasteiger partial charge in [0.05, 0.1) is 25.7 Å². The standard InChI is InChI=1S/C54H95N9O16/c1-13-15-16-17-18-19-34(66)25-41(67)55-36(22-28(3)4)47(71)56-35(20-21-42(68)69)46(70)63-45-33(12)79-54(78)44(32(11)14-2)62-51(75)40(27-65)60-48(72)37(23-29(5)6)57-50(74)39(26-64)59-49(73)38(24-30(7)8)58-52(76)43(31(9)10)61-53(45)77/h28-40,43-45,64-66H,13-27H2,1-12H3,(H,55,67)(H,56,71)(H,57,74)(H,58,76)(H,59,73)(H,60,72)(H,61,77)(H,62,75)(H,63,70)(H,68,69)/t32?,33?,34?,35-,36+,37+,38-,39-,40-,43-,44+,45-/m1/s1. The van der Waals surface area contributed by atoms with Gasteiger partial charge in [-0.1, -0.05) is 115 Å². The minimum Gasteiger partial charge on any atom is -0.481 e. The van der Waals surface area contributed by atoms with E-state index in [4.69, 9.17) is 4.74 Å². The van der Waals surface area contributed by atoms with Gasteiger partial charge >= 0.3 is 11.9 Å². The Morgan fingerprint density at radius 2 is 1.08 bits per heavy atom. The molecule has 1 saturated heterocycles. The molecule has 0 aromatic rings. The van der Waals surface area contributed by atoms with Crippen LogP contribution in [0.3, 0.4) is 0 Å². The molecule has 1 aliphatic heterocycles. The second-order valence-corrected chi connectivity index (χ2v) is 22.4. The van der Waals surface area contributed by atoms with Crippen molar-refractivity contribution < 1.29 is 77.9 Å². The minimum absolute atomic E-state index is 0.0100. The molecule has 25 nitrogen and oxygen atoms in total. The number of aliphatic carboxylic acids is 1. The van der Waals surface area contributed by atoms with Gasteiger partial charge in [0.15, 0.2) is 0 Å². The Morgan fingerprint density at radius 3 is 1.56 bits per heavy atom. The number of carboxylic acids is 1. The summed E-state index contributed by atoms with van der Waals surface area (Å²) in [6.45, 7) is 18.2. The number of esters is 1. The molecule has 452 valence electrons. The first-order chi connectivity index (χ1) is 37.0. The first kappa shape index (κ1) is 71.1. The van der Waals surface area contributed by atoms with Crippen LogP contribution >= 0.6 is 0 Å². The molecule has 1 fully saturated rings. The molecule has 0 aliphatic carbocycles. The molecule has 79 heavy (non-hydrogen) atoms. The van der Waals surface area contributed by atoms with E-state index in [1.807, 2.05) is 0 Å². The van der Waals surface area contributed by atoms with Gasteiger partial charge < -0.3 is 73.0 Å². The summed E-state index contributed by atoms with van der Waals surface area (Å²) in [5.41, 5.74) is 0. The summed E-state index contributed by atoms with van der Waals surface area (Å²) in [7, 11) is 0. The minimum atomic E-state index is -1.95. The molecular formula is C54H95N9O16. The summed E-state index contributed by atoms with van der Waals surface area (Å²) in [6.07, 6.45) is 1.05. The van der Waals surface area contributed by atoms with Crippen LogP contribution in [0.5, 0.6) is 0 Å². The number of aliphatic hydroxyl groups is 3. The third kappa shape index (κ3) is 26.3. The van der Waals surface area contributed by atoms with E-state index in [0.717, 1.165) is 25.7 Å². The summed E-state index contributed by atoms with van der Waals surface area (Å²) < 4.78 is 5.82. The van der Waals surface area contributed by atoms with Crippen molar-refractivity contribution >= 4 is 65.1 Å². The third-order valence-corrected chi connectivity index (χ3v) is 13.4. The predicted molar refractivity (Wildman–Crippen MR) is 291 cm³/mol. The highest BCUT2D eigenvalue weighted by Gasteiger charge is 2.40. The average Bonchev–Trinajstić information content (AvgIpc) is 3.36. The Hall–Kier alpha value is -5.95. The first-order valence-corrected chi connectivity index (χ1v) is 28.0. The zero-order valence-corrected chi connectivity index (χ0v) is 48.5. The van der Waals surface area contributed by atoms with Crippen molar-refractivity contribution in [2.45, 2.75) is 233 Å². The van der Waals surface area contributed by atoms with Crippen molar-refractivity contribution in [3.8, 4) is 0 Å².